The fraction of sp³-hybridized carbons (Fsp3) is 0. The maximum absolute atomic E-state index is 13.1. The van der Waals surface area contributed by atoms with E-state index in [9.17, 15) is 18.0 Å². The van der Waals surface area contributed by atoms with Crippen LogP contribution in [0.15, 0.2) is 47.8 Å². The highest BCUT2D eigenvalue weighted by atomic mass is 32.1. The Hall–Kier alpha value is -2.67. The number of thiazole rings is 1. The zero-order chi connectivity index (χ0) is 16.4. The number of nitrogens with one attached hydrogen (secondary N) is 1. The molecule has 1 N–H and O–H groups in total. The Morgan fingerprint density at radius 1 is 1.00 bits per heavy atom. The highest BCUT2D eigenvalue weighted by molar-refractivity contribution is 7.14. The van der Waals surface area contributed by atoms with Crippen molar-refractivity contribution in [1.29, 1.82) is 0 Å². The van der Waals surface area contributed by atoms with Gasteiger partial charge in [0.15, 0.2) is 16.8 Å². The Labute approximate surface area is 133 Å². The van der Waals surface area contributed by atoms with Gasteiger partial charge >= 0.3 is 0 Å². The molecule has 0 saturated carbocycles. The van der Waals surface area contributed by atoms with E-state index in [0.29, 0.717) is 16.4 Å². The number of nitrogens with zero attached hydrogens (tertiary/aromatic N) is 1. The predicted octanol–water partition coefficient (Wildman–Crippen LogP) is 4.48. The smallest absolute Gasteiger partial charge is 0.257 e. The molecule has 3 nitrogen and oxygen atoms in total. The molecule has 0 fully saturated rings. The number of hydrogen-bond donors (Lipinski definition) is 1. The summed E-state index contributed by atoms with van der Waals surface area (Å²) >= 11 is 1.17. The zero-order valence-corrected chi connectivity index (χ0v) is 12.3. The number of aromatic nitrogens is 1. The van der Waals surface area contributed by atoms with Crippen molar-refractivity contribution in [2.75, 3.05) is 5.32 Å². The van der Waals surface area contributed by atoms with Gasteiger partial charge in [0.05, 0.1) is 5.69 Å². The Balaban J connectivity index is 1.77. The first kappa shape index (κ1) is 15.2. The summed E-state index contributed by atoms with van der Waals surface area (Å²) in [5.74, 6) is -3.06. The van der Waals surface area contributed by atoms with E-state index < -0.39 is 17.5 Å². The monoisotopic (exact) mass is 334 g/mol. The maximum atomic E-state index is 13.1. The van der Waals surface area contributed by atoms with Crippen LogP contribution in [0, 0.1) is 17.5 Å². The third kappa shape index (κ3) is 3.40. The van der Waals surface area contributed by atoms with Crippen LogP contribution in [0.4, 0.5) is 18.3 Å². The predicted molar refractivity (Wildman–Crippen MR) is 81.8 cm³/mol. The number of amides is 1. The molecule has 3 rings (SSSR count). The number of carbonyl (C=O) groups excluding carboxylic acids is 1. The lowest BCUT2D eigenvalue weighted by Crippen LogP contribution is -2.12. The summed E-state index contributed by atoms with van der Waals surface area (Å²) in [6.07, 6.45) is 0. The van der Waals surface area contributed by atoms with Gasteiger partial charge in [0.25, 0.3) is 5.91 Å². The van der Waals surface area contributed by atoms with Crippen molar-refractivity contribution in [3.63, 3.8) is 0 Å². The summed E-state index contributed by atoms with van der Waals surface area (Å²) in [7, 11) is 0. The number of benzene rings is 2. The van der Waals surface area contributed by atoms with Crippen LogP contribution in [0.25, 0.3) is 11.3 Å². The summed E-state index contributed by atoms with van der Waals surface area (Å²) in [4.78, 5) is 16.2. The first-order valence-corrected chi connectivity index (χ1v) is 7.39. The maximum Gasteiger partial charge on any atom is 0.257 e. The second-order valence-electron chi connectivity index (χ2n) is 4.63. The molecule has 0 unspecified atom stereocenters. The molecule has 1 heterocycles. The van der Waals surface area contributed by atoms with E-state index in [1.165, 1.54) is 29.5 Å². The van der Waals surface area contributed by atoms with Gasteiger partial charge in [-0.2, -0.15) is 0 Å². The van der Waals surface area contributed by atoms with Crippen LogP contribution >= 0.6 is 11.3 Å². The standard InChI is InChI=1S/C16H9F3N2OS/c17-11-4-1-9(2-5-11)14-8-23-16(20-14)21-15(22)10-3-6-12(18)13(19)7-10/h1-8H,(H,20,21,22). The van der Waals surface area contributed by atoms with Crippen LogP contribution in [0.3, 0.4) is 0 Å². The summed E-state index contributed by atoms with van der Waals surface area (Å²) < 4.78 is 38.9. The normalized spacial score (nSPS) is 10.6. The Morgan fingerprint density at radius 3 is 2.43 bits per heavy atom. The highest BCUT2D eigenvalue weighted by Crippen LogP contribution is 2.25. The van der Waals surface area contributed by atoms with Gasteiger partial charge in [-0.25, -0.2) is 18.2 Å². The second kappa shape index (κ2) is 6.21. The van der Waals surface area contributed by atoms with Gasteiger partial charge in [-0.05, 0) is 42.5 Å². The number of anilines is 1. The molecule has 0 spiro atoms. The average molecular weight is 334 g/mol. The van der Waals surface area contributed by atoms with Crippen molar-refractivity contribution in [3.05, 3.63) is 70.9 Å². The number of halogens is 3. The minimum Gasteiger partial charge on any atom is -0.298 e. The lowest BCUT2D eigenvalue weighted by Gasteiger charge is -2.02. The first-order chi connectivity index (χ1) is 11.0. The molecule has 7 heteroatoms. The molecule has 0 aliphatic rings. The molecule has 0 bridgehead atoms. The number of carbonyl (C=O) groups is 1. The van der Waals surface area contributed by atoms with Crippen molar-refractivity contribution < 1.29 is 18.0 Å². The Morgan fingerprint density at radius 2 is 1.74 bits per heavy atom. The molecular formula is C16H9F3N2OS. The topological polar surface area (TPSA) is 42.0 Å². The van der Waals surface area contributed by atoms with Gasteiger partial charge in [-0.1, -0.05) is 0 Å². The molecule has 0 aliphatic heterocycles. The fourth-order valence-electron chi connectivity index (χ4n) is 1.89. The minimum atomic E-state index is -1.09. The molecular weight excluding hydrogens is 325 g/mol. The molecule has 0 aliphatic carbocycles. The van der Waals surface area contributed by atoms with Crippen molar-refractivity contribution in [1.82, 2.24) is 4.98 Å². The van der Waals surface area contributed by atoms with Crippen molar-refractivity contribution in [2.24, 2.45) is 0 Å². The van der Waals surface area contributed by atoms with Crippen LogP contribution < -0.4 is 5.32 Å². The van der Waals surface area contributed by atoms with Crippen LogP contribution in [-0.2, 0) is 0 Å². The summed E-state index contributed by atoms with van der Waals surface area (Å²) in [6, 6.07) is 8.66. The Kier molecular flexibility index (Phi) is 4.12. The molecule has 0 radical (unpaired) electrons. The van der Waals surface area contributed by atoms with Gasteiger partial charge < -0.3 is 0 Å². The van der Waals surface area contributed by atoms with E-state index in [4.69, 9.17) is 0 Å². The number of rotatable bonds is 3. The lowest BCUT2D eigenvalue weighted by molar-refractivity contribution is 0.102. The van der Waals surface area contributed by atoms with E-state index in [1.54, 1.807) is 17.5 Å². The zero-order valence-electron chi connectivity index (χ0n) is 11.5. The van der Waals surface area contributed by atoms with Gasteiger partial charge in [-0.3, -0.25) is 10.1 Å². The third-order valence-corrected chi connectivity index (χ3v) is 3.80. The highest BCUT2D eigenvalue weighted by Gasteiger charge is 2.12. The van der Waals surface area contributed by atoms with Crippen LogP contribution in [0.5, 0.6) is 0 Å². The molecule has 1 aromatic heterocycles. The van der Waals surface area contributed by atoms with Gasteiger partial charge in [-0.15, -0.1) is 11.3 Å². The first-order valence-electron chi connectivity index (χ1n) is 6.51. The van der Waals surface area contributed by atoms with Gasteiger partial charge in [0, 0.05) is 16.5 Å². The van der Waals surface area contributed by atoms with Gasteiger partial charge in [0.2, 0.25) is 0 Å². The number of hydrogen-bond acceptors (Lipinski definition) is 3. The van der Waals surface area contributed by atoms with Crippen LogP contribution in [-0.4, -0.2) is 10.9 Å². The summed E-state index contributed by atoms with van der Waals surface area (Å²) in [5.41, 5.74) is 1.27. The Bertz CT molecular complexity index is 862. The van der Waals surface area contributed by atoms with Crippen molar-refractivity contribution >= 4 is 22.4 Å². The lowest BCUT2D eigenvalue weighted by atomic mass is 10.2. The van der Waals surface area contributed by atoms with Gasteiger partial charge in [0.1, 0.15) is 5.82 Å². The summed E-state index contributed by atoms with van der Waals surface area (Å²) in [5, 5.41) is 4.52. The largest absolute Gasteiger partial charge is 0.298 e. The minimum absolute atomic E-state index is 0.0116. The van der Waals surface area contributed by atoms with Crippen LogP contribution in [0.2, 0.25) is 0 Å². The van der Waals surface area contributed by atoms with E-state index in [1.807, 2.05) is 0 Å². The second-order valence-corrected chi connectivity index (χ2v) is 5.49. The van der Waals surface area contributed by atoms with E-state index in [-0.39, 0.29) is 11.4 Å². The van der Waals surface area contributed by atoms with Crippen molar-refractivity contribution in [2.45, 2.75) is 0 Å². The van der Waals surface area contributed by atoms with E-state index >= 15 is 0 Å². The summed E-state index contributed by atoms with van der Waals surface area (Å²) in [6.45, 7) is 0. The third-order valence-electron chi connectivity index (χ3n) is 3.05. The molecule has 23 heavy (non-hydrogen) atoms. The van der Waals surface area contributed by atoms with Crippen LogP contribution in [0.1, 0.15) is 10.4 Å². The molecule has 0 saturated heterocycles. The fourth-order valence-corrected chi connectivity index (χ4v) is 2.61. The van der Waals surface area contributed by atoms with Crippen molar-refractivity contribution in [3.8, 4) is 11.3 Å². The SMILES string of the molecule is O=C(Nc1nc(-c2ccc(F)cc2)cs1)c1ccc(F)c(F)c1. The average Bonchev–Trinajstić information content (AvgIpc) is 2.99. The van der Waals surface area contributed by atoms with E-state index in [2.05, 4.69) is 10.3 Å². The molecule has 1 amide bonds. The molecule has 116 valence electrons. The molecule has 2 aromatic carbocycles. The van der Waals surface area contributed by atoms with E-state index in [0.717, 1.165) is 12.1 Å². The quantitative estimate of drug-likeness (QED) is 0.767. The molecule has 3 aromatic rings. The molecule has 0 atom stereocenters.